The van der Waals surface area contributed by atoms with Crippen LogP contribution in [0.15, 0.2) is 0 Å². The molecule has 0 aromatic carbocycles. The summed E-state index contributed by atoms with van der Waals surface area (Å²) in [6.07, 6.45) is 1.18. The van der Waals surface area contributed by atoms with Gasteiger partial charge in [0.15, 0.2) is 0 Å². The van der Waals surface area contributed by atoms with Gasteiger partial charge in [-0.05, 0) is 19.8 Å². The maximum absolute atomic E-state index is 12.8. The smallest absolute Gasteiger partial charge is 0.394 e. The number of urea groups is 1. The Hall–Kier alpha value is -0.616. The molecular weight excluding hydrogens is 432 g/mol. The van der Waals surface area contributed by atoms with Crippen LogP contribution in [0.2, 0.25) is 12.1 Å². The Balaban J connectivity index is 5.14. The standard InChI is InChI=1S/C17H40N2O9Si2/c1-17(14-20,15-21)18-16(22)19(10-8-12-29(23-2,24-3)25-4)11-9-13-30(26-5,27-6)28-7/h20-21H,8-15H2,1-7H3,(H,18,22). The van der Waals surface area contributed by atoms with Crippen LogP contribution < -0.4 is 5.32 Å². The lowest BCUT2D eigenvalue weighted by Gasteiger charge is -2.32. The zero-order chi connectivity index (χ0) is 23.3. The van der Waals surface area contributed by atoms with Gasteiger partial charge in [-0.15, -0.1) is 0 Å². The fourth-order valence-electron chi connectivity index (χ4n) is 2.87. The highest BCUT2D eigenvalue weighted by Gasteiger charge is 2.39. The Bertz CT molecular complexity index is 434. The first kappa shape index (κ1) is 29.4. The Morgan fingerprint density at radius 3 is 1.40 bits per heavy atom. The van der Waals surface area contributed by atoms with Crippen molar-refractivity contribution in [1.82, 2.24) is 10.2 Å². The number of amides is 2. The van der Waals surface area contributed by atoms with Crippen molar-refractivity contribution in [3.63, 3.8) is 0 Å². The molecule has 0 aromatic rings. The molecule has 3 N–H and O–H groups in total. The van der Waals surface area contributed by atoms with E-state index in [2.05, 4.69) is 5.32 Å². The number of carbonyl (C=O) groups is 1. The molecule has 30 heavy (non-hydrogen) atoms. The van der Waals surface area contributed by atoms with Crippen LogP contribution in [0.1, 0.15) is 19.8 Å². The number of rotatable bonds is 17. The maximum atomic E-state index is 12.8. The van der Waals surface area contributed by atoms with E-state index < -0.39 is 23.1 Å². The number of carbonyl (C=O) groups excluding carboxylic acids is 1. The van der Waals surface area contributed by atoms with Gasteiger partial charge in [0, 0.05) is 67.8 Å². The summed E-state index contributed by atoms with van der Waals surface area (Å²) in [4.78, 5) is 14.4. The van der Waals surface area contributed by atoms with E-state index in [4.69, 9.17) is 26.6 Å². The summed E-state index contributed by atoms with van der Waals surface area (Å²) in [7, 11) is 3.76. The van der Waals surface area contributed by atoms with Gasteiger partial charge in [0.2, 0.25) is 0 Å². The van der Waals surface area contributed by atoms with Crippen molar-refractivity contribution in [2.24, 2.45) is 0 Å². The van der Waals surface area contributed by atoms with Crippen LogP contribution >= 0.6 is 0 Å². The highest BCUT2D eigenvalue weighted by atomic mass is 28.4. The normalized spacial score (nSPS) is 12.8. The average molecular weight is 473 g/mol. The molecule has 0 radical (unpaired) electrons. The van der Waals surface area contributed by atoms with Gasteiger partial charge < -0.3 is 47.0 Å². The lowest BCUT2D eigenvalue weighted by Crippen LogP contribution is -2.56. The van der Waals surface area contributed by atoms with Crippen LogP contribution in [0.5, 0.6) is 0 Å². The number of aliphatic hydroxyl groups is 2. The van der Waals surface area contributed by atoms with Crippen molar-refractivity contribution >= 4 is 23.6 Å². The third-order valence-corrected chi connectivity index (χ3v) is 10.7. The summed E-state index contributed by atoms with van der Waals surface area (Å²) in [5, 5.41) is 21.7. The zero-order valence-corrected chi connectivity index (χ0v) is 21.4. The molecule has 0 bridgehead atoms. The molecule has 0 aliphatic heterocycles. The topological polar surface area (TPSA) is 128 Å². The highest BCUT2D eigenvalue weighted by molar-refractivity contribution is 6.60. The van der Waals surface area contributed by atoms with Crippen molar-refractivity contribution in [2.45, 2.75) is 37.4 Å². The molecule has 0 aliphatic rings. The third-order valence-electron chi connectivity index (χ3n) is 5.08. The molecule has 0 spiro atoms. The number of nitrogens with one attached hydrogen (secondary N) is 1. The lowest BCUT2D eigenvalue weighted by atomic mass is 10.1. The molecule has 0 unspecified atom stereocenters. The highest BCUT2D eigenvalue weighted by Crippen LogP contribution is 2.18. The maximum Gasteiger partial charge on any atom is 0.500 e. The van der Waals surface area contributed by atoms with Crippen LogP contribution in [-0.4, -0.2) is 113 Å². The summed E-state index contributed by atoms with van der Waals surface area (Å²) < 4.78 is 32.6. The number of aliphatic hydroxyl groups excluding tert-OH is 2. The molecule has 0 saturated heterocycles. The lowest BCUT2D eigenvalue weighted by molar-refractivity contribution is 0.0990. The minimum atomic E-state index is -2.75. The summed E-state index contributed by atoms with van der Waals surface area (Å²) in [6.45, 7) is 1.61. The van der Waals surface area contributed by atoms with E-state index in [9.17, 15) is 15.0 Å². The van der Waals surface area contributed by atoms with E-state index >= 15 is 0 Å². The van der Waals surface area contributed by atoms with Crippen LogP contribution in [0.25, 0.3) is 0 Å². The zero-order valence-electron chi connectivity index (χ0n) is 19.4. The van der Waals surface area contributed by atoms with E-state index in [1.807, 2.05) is 0 Å². The molecular formula is C17H40N2O9Si2. The van der Waals surface area contributed by atoms with Gasteiger partial charge in [-0.3, -0.25) is 0 Å². The first-order valence-corrected chi connectivity index (χ1v) is 13.6. The predicted molar refractivity (Wildman–Crippen MR) is 115 cm³/mol. The molecule has 0 atom stereocenters. The summed E-state index contributed by atoms with van der Waals surface area (Å²) in [6, 6.07) is 0.675. The summed E-state index contributed by atoms with van der Waals surface area (Å²) >= 11 is 0. The second-order valence-electron chi connectivity index (χ2n) is 7.09. The molecule has 2 amide bonds. The molecule has 0 rings (SSSR count). The fraction of sp³-hybridized carbons (Fsp3) is 0.941. The van der Waals surface area contributed by atoms with E-state index in [1.165, 1.54) is 0 Å². The minimum absolute atomic E-state index is 0.386. The molecule has 11 nitrogen and oxygen atoms in total. The molecule has 13 heteroatoms. The fourth-order valence-corrected chi connectivity index (χ4v) is 6.27. The van der Waals surface area contributed by atoms with Gasteiger partial charge in [-0.1, -0.05) is 0 Å². The van der Waals surface area contributed by atoms with Crippen LogP contribution in [0, 0.1) is 0 Å². The van der Waals surface area contributed by atoms with Crippen LogP contribution in [-0.2, 0) is 26.6 Å². The third kappa shape index (κ3) is 8.86. The summed E-state index contributed by atoms with van der Waals surface area (Å²) in [5.74, 6) is 0. The van der Waals surface area contributed by atoms with E-state index in [1.54, 1.807) is 54.5 Å². The van der Waals surface area contributed by atoms with Gasteiger partial charge in [0.05, 0.1) is 18.8 Å². The Kier molecular flexibility index (Phi) is 14.1. The van der Waals surface area contributed by atoms with E-state index in [0.29, 0.717) is 38.0 Å². The predicted octanol–water partition coefficient (Wildman–Crippen LogP) is 0.278. The van der Waals surface area contributed by atoms with Crippen molar-refractivity contribution in [3.05, 3.63) is 0 Å². The monoisotopic (exact) mass is 472 g/mol. The van der Waals surface area contributed by atoms with Crippen molar-refractivity contribution in [3.8, 4) is 0 Å². The second-order valence-corrected chi connectivity index (χ2v) is 13.3. The molecule has 0 aliphatic carbocycles. The number of hydrogen-bond donors (Lipinski definition) is 3. The van der Waals surface area contributed by atoms with Gasteiger partial charge in [-0.25, -0.2) is 4.79 Å². The average Bonchev–Trinajstić information content (AvgIpc) is 2.78. The minimum Gasteiger partial charge on any atom is -0.394 e. The van der Waals surface area contributed by atoms with Crippen molar-refractivity contribution < 1.29 is 41.6 Å². The molecule has 0 saturated carbocycles. The summed E-state index contributed by atoms with van der Waals surface area (Å²) in [5.41, 5.74) is -1.12. The molecule has 0 fully saturated rings. The van der Waals surface area contributed by atoms with Crippen molar-refractivity contribution in [2.75, 3.05) is 69.0 Å². The Labute approximate surface area is 182 Å². The van der Waals surface area contributed by atoms with Crippen LogP contribution in [0.4, 0.5) is 4.79 Å². The Morgan fingerprint density at radius 2 is 1.13 bits per heavy atom. The molecule has 0 aromatic heterocycles. The van der Waals surface area contributed by atoms with Gasteiger partial charge in [0.25, 0.3) is 0 Å². The first-order chi connectivity index (χ1) is 14.2. The SMILES string of the molecule is CO[Si](CCCN(CCC[Si](OC)(OC)OC)C(=O)NC(C)(CO)CO)(OC)OC. The van der Waals surface area contributed by atoms with E-state index in [0.717, 1.165) is 0 Å². The van der Waals surface area contributed by atoms with Gasteiger partial charge in [-0.2, -0.15) is 0 Å². The van der Waals surface area contributed by atoms with E-state index in [-0.39, 0.29) is 19.2 Å². The van der Waals surface area contributed by atoms with Gasteiger partial charge >= 0.3 is 23.6 Å². The molecule has 0 heterocycles. The molecule has 180 valence electrons. The number of hydrogen-bond acceptors (Lipinski definition) is 9. The largest absolute Gasteiger partial charge is 0.500 e. The number of nitrogens with zero attached hydrogens (tertiary/aromatic N) is 1. The Morgan fingerprint density at radius 1 is 0.800 bits per heavy atom. The quantitative estimate of drug-likeness (QED) is 0.256. The van der Waals surface area contributed by atoms with Crippen LogP contribution in [0.3, 0.4) is 0 Å². The second kappa shape index (κ2) is 14.4. The van der Waals surface area contributed by atoms with Gasteiger partial charge in [0.1, 0.15) is 0 Å². The van der Waals surface area contributed by atoms with Crippen molar-refractivity contribution in [1.29, 1.82) is 0 Å². The first-order valence-electron chi connectivity index (χ1n) is 9.78.